The first-order valence-corrected chi connectivity index (χ1v) is 6.91. The first-order valence-electron chi connectivity index (χ1n) is 6.91. The second-order valence-electron chi connectivity index (χ2n) is 5.04. The van der Waals surface area contributed by atoms with Crippen molar-refractivity contribution >= 4 is 0 Å². The van der Waals surface area contributed by atoms with E-state index < -0.39 is 0 Å². The molecule has 0 aliphatic carbocycles. The van der Waals surface area contributed by atoms with Gasteiger partial charge in [-0.15, -0.1) is 0 Å². The highest BCUT2D eigenvalue weighted by Gasteiger charge is 2.13. The Morgan fingerprint density at radius 2 is 2.05 bits per heavy atom. The predicted molar refractivity (Wildman–Crippen MR) is 76.4 cm³/mol. The molecule has 1 atom stereocenters. The van der Waals surface area contributed by atoms with Crippen LogP contribution in [0.15, 0.2) is 28.8 Å². The molecule has 0 saturated carbocycles. The van der Waals surface area contributed by atoms with E-state index >= 15 is 0 Å². The van der Waals surface area contributed by atoms with E-state index in [1.165, 1.54) is 0 Å². The molecule has 1 aromatic carbocycles. The number of aromatic nitrogens is 2. The van der Waals surface area contributed by atoms with Crippen molar-refractivity contribution in [3.05, 3.63) is 41.5 Å². The van der Waals surface area contributed by atoms with E-state index in [1.807, 2.05) is 38.1 Å². The molecular formula is C15H21N3O2. The summed E-state index contributed by atoms with van der Waals surface area (Å²) in [6.45, 7) is 6.35. The SMILES string of the molecule is CC[C@@H](N)c1ccccc1OCc1noc(C(C)C)n1. The molecule has 1 heterocycles. The molecule has 2 N–H and O–H groups in total. The van der Waals surface area contributed by atoms with Gasteiger partial charge in [0.05, 0.1) is 0 Å². The van der Waals surface area contributed by atoms with Crippen molar-refractivity contribution in [1.29, 1.82) is 0 Å². The maximum absolute atomic E-state index is 6.08. The first-order chi connectivity index (χ1) is 9.61. The van der Waals surface area contributed by atoms with Crippen LogP contribution in [0.4, 0.5) is 0 Å². The van der Waals surface area contributed by atoms with Crippen LogP contribution in [-0.2, 0) is 6.61 Å². The summed E-state index contributed by atoms with van der Waals surface area (Å²) in [5, 5.41) is 3.90. The third kappa shape index (κ3) is 3.36. The monoisotopic (exact) mass is 275 g/mol. The summed E-state index contributed by atoms with van der Waals surface area (Å²) in [4.78, 5) is 4.29. The van der Waals surface area contributed by atoms with E-state index in [1.54, 1.807) is 0 Å². The van der Waals surface area contributed by atoms with Crippen LogP contribution < -0.4 is 10.5 Å². The first kappa shape index (κ1) is 14.5. The number of nitrogens with zero attached hydrogens (tertiary/aromatic N) is 2. The largest absolute Gasteiger partial charge is 0.485 e. The lowest BCUT2D eigenvalue weighted by Gasteiger charge is -2.14. The molecule has 0 fully saturated rings. The average molecular weight is 275 g/mol. The zero-order chi connectivity index (χ0) is 14.5. The number of ether oxygens (including phenoxy) is 1. The number of hydrogen-bond acceptors (Lipinski definition) is 5. The van der Waals surface area contributed by atoms with Gasteiger partial charge in [0.15, 0.2) is 6.61 Å². The summed E-state index contributed by atoms with van der Waals surface area (Å²) in [6.07, 6.45) is 0.861. The molecule has 0 aliphatic rings. The van der Waals surface area contributed by atoms with E-state index in [2.05, 4.69) is 17.1 Å². The van der Waals surface area contributed by atoms with Gasteiger partial charge in [0, 0.05) is 17.5 Å². The second-order valence-corrected chi connectivity index (χ2v) is 5.04. The highest BCUT2D eigenvalue weighted by molar-refractivity contribution is 5.35. The number of benzene rings is 1. The van der Waals surface area contributed by atoms with Crippen LogP contribution in [0.3, 0.4) is 0 Å². The fourth-order valence-electron chi connectivity index (χ4n) is 1.84. The van der Waals surface area contributed by atoms with Crippen LogP contribution in [0.1, 0.15) is 56.4 Å². The van der Waals surface area contributed by atoms with Gasteiger partial charge in [0.2, 0.25) is 11.7 Å². The molecule has 0 bridgehead atoms. The standard InChI is InChI=1S/C15H21N3O2/c1-4-12(16)11-7-5-6-8-13(11)19-9-14-17-15(10(2)3)20-18-14/h5-8,10,12H,4,9,16H2,1-3H3/t12-/m1/s1. The quantitative estimate of drug-likeness (QED) is 0.876. The number of rotatable bonds is 6. The van der Waals surface area contributed by atoms with Crippen LogP contribution in [0.5, 0.6) is 5.75 Å². The molecule has 2 aromatic rings. The van der Waals surface area contributed by atoms with Crippen molar-refractivity contribution in [1.82, 2.24) is 10.1 Å². The van der Waals surface area contributed by atoms with Gasteiger partial charge in [0.25, 0.3) is 0 Å². The Hall–Kier alpha value is -1.88. The lowest BCUT2D eigenvalue weighted by Crippen LogP contribution is -2.11. The van der Waals surface area contributed by atoms with E-state index in [-0.39, 0.29) is 18.6 Å². The fraction of sp³-hybridized carbons (Fsp3) is 0.467. The van der Waals surface area contributed by atoms with Crippen LogP contribution in [0, 0.1) is 0 Å². The summed E-state index contributed by atoms with van der Waals surface area (Å²) in [5.41, 5.74) is 7.08. The maximum atomic E-state index is 6.08. The number of para-hydroxylation sites is 1. The third-order valence-electron chi connectivity index (χ3n) is 3.09. The Bertz CT molecular complexity index is 552. The summed E-state index contributed by atoms with van der Waals surface area (Å²) >= 11 is 0. The van der Waals surface area contributed by atoms with Crippen molar-refractivity contribution in [3.8, 4) is 5.75 Å². The molecule has 20 heavy (non-hydrogen) atoms. The minimum absolute atomic E-state index is 0.0253. The highest BCUT2D eigenvalue weighted by Crippen LogP contribution is 2.26. The van der Waals surface area contributed by atoms with Gasteiger partial charge in [-0.2, -0.15) is 4.98 Å². The summed E-state index contributed by atoms with van der Waals surface area (Å²) < 4.78 is 10.9. The van der Waals surface area contributed by atoms with Gasteiger partial charge in [-0.3, -0.25) is 0 Å². The molecule has 0 unspecified atom stereocenters. The molecule has 5 nitrogen and oxygen atoms in total. The van der Waals surface area contributed by atoms with Gasteiger partial charge in [-0.05, 0) is 12.5 Å². The van der Waals surface area contributed by atoms with Crippen molar-refractivity contribution in [2.45, 2.75) is 45.8 Å². The van der Waals surface area contributed by atoms with Crippen LogP contribution in [-0.4, -0.2) is 10.1 Å². The van der Waals surface area contributed by atoms with Crippen LogP contribution in [0.25, 0.3) is 0 Å². The molecule has 0 radical (unpaired) electrons. The Labute approximate surface area is 119 Å². The predicted octanol–water partition coefficient (Wildman–Crippen LogP) is 3.18. The Kier molecular flexibility index (Phi) is 4.74. The van der Waals surface area contributed by atoms with Gasteiger partial charge < -0.3 is 15.0 Å². The number of nitrogens with two attached hydrogens (primary N) is 1. The van der Waals surface area contributed by atoms with Crippen LogP contribution >= 0.6 is 0 Å². The van der Waals surface area contributed by atoms with Crippen molar-refractivity contribution in [3.63, 3.8) is 0 Å². The normalized spacial score (nSPS) is 12.7. The molecule has 5 heteroatoms. The molecule has 0 saturated heterocycles. The van der Waals surface area contributed by atoms with Crippen molar-refractivity contribution in [2.75, 3.05) is 0 Å². The highest BCUT2D eigenvalue weighted by atomic mass is 16.5. The van der Waals surface area contributed by atoms with Gasteiger partial charge >= 0.3 is 0 Å². The van der Waals surface area contributed by atoms with Crippen LogP contribution in [0.2, 0.25) is 0 Å². The fourth-order valence-corrected chi connectivity index (χ4v) is 1.84. The van der Waals surface area contributed by atoms with E-state index in [4.69, 9.17) is 15.0 Å². The van der Waals surface area contributed by atoms with Crippen molar-refractivity contribution < 1.29 is 9.26 Å². The average Bonchev–Trinajstić information content (AvgIpc) is 2.93. The van der Waals surface area contributed by atoms with Crippen molar-refractivity contribution in [2.24, 2.45) is 5.73 Å². The molecule has 2 rings (SSSR count). The Morgan fingerprint density at radius 1 is 1.30 bits per heavy atom. The molecule has 0 amide bonds. The number of hydrogen-bond donors (Lipinski definition) is 1. The second kappa shape index (κ2) is 6.52. The zero-order valence-electron chi connectivity index (χ0n) is 12.2. The molecule has 0 spiro atoms. The lowest BCUT2D eigenvalue weighted by molar-refractivity contribution is 0.280. The Morgan fingerprint density at radius 3 is 2.70 bits per heavy atom. The third-order valence-corrected chi connectivity index (χ3v) is 3.09. The summed E-state index contributed by atoms with van der Waals surface area (Å²) in [7, 11) is 0. The zero-order valence-corrected chi connectivity index (χ0v) is 12.2. The summed E-state index contributed by atoms with van der Waals surface area (Å²) in [6, 6.07) is 7.76. The van der Waals surface area contributed by atoms with E-state index in [0.717, 1.165) is 17.7 Å². The van der Waals surface area contributed by atoms with Gasteiger partial charge in [-0.1, -0.05) is 44.1 Å². The van der Waals surface area contributed by atoms with E-state index in [9.17, 15) is 0 Å². The minimum atomic E-state index is -0.0253. The minimum Gasteiger partial charge on any atom is -0.485 e. The lowest BCUT2D eigenvalue weighted by atomic mass is 10.0. The Balaban J connectivity index is 2.06. The topological polar surface area (TPSA) is 74.2 Å². The molecule has 1 aromatic heterocycles. The smallest absolute Gasteiger partial charge is 0.229 e. The van der Waals surface area contributed by atoms with Gasteiger partial charge in [0.1, 0.15) is 5.75 Å². The van der Waals surface area contributed by atoms with E-state index in [0.29, 0.717) is 11.7 Å². The maximum Gasteiger partial charge on any atom is 0.229 e. The molecule has 108 valence electrons. The summed E-state index contributed by atoms with van der Waals surface area (Å²) in [5.74, 6) is 2.17. The molecular weight excluding hydrogens is 254 g/mol. The molecule has 0 aliphatic heterocycles. The van der Waals surface area contributed by atoms with Gasteiger partial charge in [-0.25, -0.2) is 0 Å².